The Hall–Kier alpha value is -4.07. The van der Waals surface area contributed by atoms with E-state index in [2.05, 4.69) is 23.8 Å². The van der Waals surface area contributed by atoms with Crippen molar-refractivity contribution in [3.05, 3.63) is 71.8 Å². The molecule has 8 heteroatoms. The summed E-state index contributed by atoms with van der Waals surface area (Å²) in [4.78, 5) is 25.9. The zero-order valence-electron chi connectivity index (χ0n) is 19.9. The standard InChI is InChI=1S/C28H26N2O6/c1-3-4-20-9-17(13-29-30-27(31)24-18-6-7-19(12-18)25(24)28(30)32)11-23(33-2)26(20)34-14-16-5-8-21-22(10-16)36-15-35-21/h3,5-11,13,18-19,24-25H,1,4,12,14-15H2,2H3. The number of imide groups is 1. The van der Waals surface area contributed by atoms with E-state index in [-0.39, 0.29) is 42.3 Å². The monoisotopic (exact) mass is 486 g/mol. The molecule has 2 heterocycles. The van der Waals surface area contributed by atoms with Crippen LogP contribution < -0.4 is 18.9 Å². The maximum absolute atomic E-state index is 12.9. The van der Waals surface area contributed by atoms with Gasteiger partial charge in [-0.1, -0.05) is 24.3 Å². The van der Waals surface area contributed by atoms with Gasteiger partial charge in [0.2, 0.25) is 6.79 Å². The number of hydrogen-bond acceptors (Lipinski definition) is 7. The number of benzene rings is 2. The number of allylic oxidation sites excluding steroid dienone is 3. The first-order chi connectivity index (χ1) is 17.6. The predicted octanol–water partition coefficient (Wildman–Crippen LogP) is 3.87. The van der Waals surface area contributed by atoms with Crippen LogP contribution >= 0.6 is 0 Å². The minimum absolute atomic E-state index is 0.150. The van der Waals surface area contributed by atoms with Crippen LogP contribution in [0.5, 0.6) is 23.0 Å². The molecule has 0 spiro atoms. The van der Waals surface area contributed by atoms with Crippen molar-refractivity contribution in [2.24, 2.45) is 28.8 Å². The molecule has 2 aliphatic carbocycles. The lowest BCUT2D eigenvalue weighted by Crippen LogP contribution is -2.28. The van der Waals surface area contributed by atoms with Crippen LogP contribution in [-0.4, -0.2) is 36.9 Å². The van der Waals surface area contributed by atoms with Crippen LogP contribution in [0.25, 0.3) is 0 Å². The number of carbonyl (C=O) groups excluding carboxylic acids is 2. The molecule has 2 bridgehead atoms. The van der Waals surface area contributed by atoms with Gasteiger partial charge < -0.3 is 18.9 Å². The number of fused-ring (bicyclic) bond motifs is 6. The van der Waals surface area contributed by atoms with E-state index in [0.29, 0.717) is 35.8 Å². The molecule has 2 aromatic rings. The second-order valence-electron chi connectivity index (χ2n) is 9.41. The predicted molar refractivity (Wildman–Crippen MR) is 131 cm³/mol. The van der Waals surface area contributed by atoms with Gasteiger partial charge >= 0.3 is 0 Å². The fourth-order valence-corrected chi connectivity index (χ4v) is 5.69. The third-order valence-corrected chi connectivity index (χ3v) is 7.33. The highest BCUT2D eigenvalue weighted by atomic mass is 16.7. The van der Waals surface area contributed by atoms with E-state index in [1.165, 1.54) is 6.21 Å². The van der Waals surface area contributed by atoms with Crippen molar-refractivity contribution >= 4 is 18.0 Å². The van der Waals surface area contributed by atoms with E-state index in [9.17, 15) is 9.59 Å². The first kappa shape index (κ1) is 22.4. The van der Waals surface area contributed by atoms with Crippen LogP contribution in [0, 0.1) is 23.7 Å². The molecule has 0 N–H and O–H groups in total. The molecule has 36 heavy (non-hydrogen) atoms. The summed E-state index contributed by atoms with van der Waals surface area (Å²) in [5.74, 6) is 1.86. The van der Waals surface area contributed by atoms with Crippen LogP contribution in [-0.2, 0) is 22.6 Å². The van der Waals surface area contributed by atoms with Gasteiger partial charge in [0, 0.05) is 5.56 Å². The van der Waals surface area contributed by atoms with E-state index < -0.39 is 0 Å². The number of methoxy groups -OCH3 is 1. The highest BCUT2D eigenvalue weighted by Crippen LogP contribution is 2.52. The fourth-order valence-electron chi connectivity index (χ4n) is 5.69. The van der Waals surface area contributed by atoms with Crippen molar-refractivity contribution in [3.8, 4) is 23.0 Å². The van der Waals surface area contributed by atoms with E-state index in [4.69, 9.17) is 18.9 Å². The minimum atomic E-state index is -0.275. The van der Waals surface area contributed by atoms with Crippen LogP contribution in [0.2, 0.25) is 0 Å². The molecular weight excluding hydrogens is 460 g/mol. The summed E-state index contributed by atoms with van der Waals surface area (Å²) in [7, 11) is 1.57. The Morgan fingerprint density at radius 2 is 1.83 bits per heavy atom. The van der Waals surface area contributed by atoms with Crippen LogP contribution in [0.15, 0.2) is 60.2 Å². The van der Waals surface area contributed by atoms with E-state index in [0.717, 1.165) is 28.3 Å². The quantitative estimate of drug-likeness (QED) is 0.320. The zero-order chi connectivity index (χ0) is 24.8. The molecule has 2 amide bonds. The van der Waals surface area contributed by atoms with Gasteiger partial charge in [0.05, 0.1) is 25.2 Å². The highest BCUT2D eigenvalue weighted by molar-refractivity contribution is 6.06. The van der Waals surface area contributed by atoms with Gasteiger partial charge in [0.15, 0.2) is 23.0 Å². The van der Waals surface area contributed by atoms with E-state index >= 15 is 0 Å². The van der Waals surface area contributed by atoms with Crippen molar-refractivity contribution in [2.75, 3.05) is 13.9 Å². The normalized spacial score (nSPS) is 25.2. The third kappa shape index (κ3) is 3.64. The molecule has 2 aromatic carbocycles. The Balaban J connectivity index is 1.23. The molecule has 184 valence electrons. The van der Waals surface area contributed by atoms with Gasteiger partial charge in [0.25, 0.3) is 11.8 Å². The number of ether oxygens (including phenoxy) is 4. The molecule has 0 aromatic heterocycles. The molecule has 4 unspecified atom stereocenters. The summed E-state index contributed by atoms with van der Waals surface area (Å²) in [5, 5.41) is 5.35. The molecule has 1 saturated heterocycles. The van der Waals surface area contributed by atoms with Crippen molar-refractivity contribution in [2.45, 2.75) is 19.4 Å². The number of hydrazone groups is 1. The van der Waals surface area contributed by atoms with E-state index in [1.807, 2.05) is 24.3 Å². The lowest BCUT2D eigenvalue weighted by Gasteiger charge is -2.16. The molecular formula is C28H26N2O6. The molecule has 1 saturated carbocycles. The maximum Gasteiger partial charge on any atom is 0.254 e. The van der Waals surface area contributed by atoms with Crippen molar-refractivity contribution in [1.29, 1.82) is 0 Å². The summed E-state index contributed by atoms with van der Waals surface area (Å²) in [6.07, 6.45) is 8.87. The first-order valence-corrected chi connectivity index (χ1v) is 12.0. The van der Waals surface area contributed by atoms with Gasteiger partial charge in [-0.15, -0.1) is 6.58 Å². The highest BCUT2D eigenvalue weighted by Gasteiger charge is 2.59. The van der Waals surface area contributed by atoms with Gasteiger partial charge in [-0.05, 0) is 60.1 Å². The molecule has 8 nitrogen and oxygen atoms in total. The average molecular weight is 487 g/mol. The van der Waals surface area contributed by atoms with Gasteiger partial charge in [-0.25, -0.2) is 0 Å². The summed E-state index contributed by atoms with van der Waals surface area (Å²) < 4.78 is 22.6. The largest absolute Gasteiger partial charge is 0.493 e. The summed E-state index contributed by atoms with van der Waals surface area (Å²) in [5.41, 5.74) is 2.47. The number of rotatable bonds is 8. The lowest BCUT2D eigenvalue weighted by atomic mass is 9.85. The lowest BCUT2D eigenvalue weighted by molar-refractivity contribution is -0.140. The number of nitrogens with zero attached hydrogens (tertiary/aromatic N) is 2. The molecule has 0 radical (unpaired) electrons. The second kappa shape index (κ2) is 8.86. The van der Waals surface area contributed by atoms with Crippen molar-refractivity contribution < 1.29 is 28.5 Å². The first-order valence-electron chi connectivity index (χ1n) is 12.0. The maximum atomic E-state index is 12.9. The topological polar surface area (TPSA) is 86.7 Å². The number of hydrogen-bond donors (Lipinski definition) is 0. The molecule has 4 aliphatic rings. The van der Waals surface area contributed by atoms with Crippen LogP contribution in [0.1, 0.15) is 23.1 Å². The van der Waals surface area contributed by atoms with Crippen molar-refractivity contribution in [3.63, 3.8) is 0 Å². The van der Waals surface area contributed by atoms with Crippen LogP contribution in [0.4, 0.5) is 0 Å². The molecule has 6 rings (SSSR count). The Bertz CT molecular complexity index is 1290. The van der Waals surface area contributed by atoms with Gasteiger partial charge in [-0.3, -0.25) is 9.59 Å². The molecule has 4 atom stereocenters. The fraction of sp³-hybridized carbons (Fsp3) is 0.321. The molecule has 2 fully saturated rings. The Morgan fingerprint density at radius 3 is 2.56 bits per heavy atom. The molecule has 2 aliphatic heterocycles. The Morgan fingerprint density at radius 1 is 1.08 bits per heavy atom. The SMILES string of the molecule is C=CCc1cc(C=NN2C(=O)C3C4C=CC(C4)C3C2=O)cc(OC)c1OCc1ccc2c(c1)OCO2. The van der Waals surface area contributed by atoms with Gasteiger partial charge in [-0.2, -0.15) is 10.1 Å². The van der Waals surface area contributed by atoms with Gasteiger partial charge in [0.1, 0.15) is 6.61 Å². The Labute approximate surface area is 208 Å². The second-order valence-corrected chi connectivity index (χ2v) is 9.41. The zero-order valence-corrected chi connectivity index (χ0v) is 19.9. The van der Waals surface area contributed by atoms with Crippen molar-refractivity contribution in [1.82, 2.24) is 5.01 Å². The summed E-state index contributed by atoms with van der Waals surface area (Å²) in [6.45, 7) is 4.38. The van der Waals surface area contributed by atoms with E-state index in [1.54, 1.807) is 19.3 Å². The third-order valence-electron chi connectivity index (χ3n) is 7.33. The summed E-state index contributed by atoms with van der Waals surface area (Å²) >= 11 is 0. The Kier molecular flexibility index (Phi) is 5.51. The van der Waals surface area contributed by atoms with Crippen LogP contribution in [0.3, 0.4) is 0 Å². The minimum Gasteiger partial charge on any atom is -0.493 e. The number of amides is 2. The smallest absolute Gasteiger partial charge is 0.254 e. The number of carbonyl (C=O) groups is 2. The summed E-state index contributed by atoms with van der Waals surface area (Å²) in [6, 6.07) is 9.36. The average Bonchev–Trinajstić information content (AvgIpc) is 3.66.